The average Bonchev–Trinajstić information content (AvgIpc) is 3.32. The standard InChI is InChI=1S/C32H37Cl2N5O4/c1-19-4-6-24(26(33)12-19)30(40)37-10-8-32(42,9-11-37)17-38-18-36-29-25(31(38)41)14-28(34)39(29)22-5-7-23(20(2)13-22)27-16-43-21(3)15-35-27/h4-6,12-14,18,21,23,27,35,42H,7-11,15-17H2,1-3H3/t21-,23?,27-/m1/s1. The van der Waals surface area contributed by atoms with Crippen molar-refractivity contribution in [2.75, 3.05) is 26.2 Å². The Balaban J connectivity index is 1.17. The number of benzene rings is 1. The molecule has 1 aliphatic carbocycles. The quantitative estimate of drug-likeness (QED) is 0.427. The number of ether oxygens (including phenoxy) is 1. The van der Waals surface area contributed by atoms with Crippen LogP contribution in [0.15, 0.2) is 53.1 Å². The van der Waals surface area contributed by atoms with Crippen LogP contribution in [0.4, 0.5) is 0 Å². The number of nitrogens with zero attached hydrogens (tertiary/aromatic N) is 4. The Hall–Kier alpha value is -2.95. The largest absolute Gasteiger partial charge is 0.388 e. The van der Waals surface area contributed by atoms with Crippen molar-refractivity contribution in [1.82, 2.24) is 24.3 Å². The van der Waals surface area contributed by atoms with Crippen LogP contribution in [-0.2, 0) is 11.3 Å². The molecule has 0 radical (unpaired) electrons. The SMILES string of the molecule is CC1=CC(n2c(Cl)cc3c(=O)n(CC4(O)CCN(C(=O)c5ccc(C)cc5Cl)CC4)cnc32)=CCC1[C@H]1CO[C@H](C)CN1. The van der Waals surface area contributed by atoms with E-state index in [9.17, 15) is 14.7 Å². The maximum atomic E-state index is 13.6. The first-order valence-corrected chi connectivity index (χ1v) is 15.6. The maximum Gasteiger partial charge on any atom is 0.262 e. The smallest absolute Gasteiger partial charge is 0.262 e. The third-order valence-corrected chi connectivity index (χ3v) is 9.65. The lowest BCUT2D eigenvalue weighted by molar-refractivity contribution is -0.0299. The highest BCUT2D eigenvalue weighted by atomic mass is 35.5. The number of fused-ring (bicyclic) bond motifs is 1. The monoisotopic (exact) mass is 625 g/mol. The van der Waals surface area contributed by atoms with E-state index in [1.54, 1.807) is 23.1 Å². The van der Waals surface area contributed by atoms with Gasteiger partial charge in [-0.1, -0.05) is 40.9 Å². The van der Waals surface area contributed by atoms with Gasteiger partial charge in [-0.05, 0) is 69.9 Å². The molecule has 1 amide bonds. The molecule has 2 fully saturated rings. The molecule has 3 atom stereocenters. The number of amides is 1. The highest BCUT2D eigenvalue weighted by molar-refractivity contribution is 6.34. The summed E-state index contributed by atoms with van der Waals surface area (Å²) < 4.78 is 9.13. The summed E-state index contributed by atoms with van der Waals surface area (Å²) in [6, 6.07) is 7.27. The van der Waals surface area contributed by atoms with E-state index in [-0.39, 0.29) is 30.2 Å². The van der Waals surface area contributed by atoms with Crippen molar-refractivity contribution in [2.45, 2.75) is 64.3 Å². The van der Waals surface area contributed by atoms with Gasteiger partial charge < -0.3 is 20.1 Å². The van der Waals surface area contributed by atoms with Crippen molar-refractivity contribution in [2.24, 2.45) is 5.92 Å². The summed E-state index contributed by atoms with van der Waals surface area (Å²) in [6.07, 6.45) is 7.41. The number of carbonyl (C=O) groups is 1. The van der Waals surface area contributed by atoms with E-state index in [0.29, 0.717) is 65.2 Å². The number of hydrogen-bond acceptors (Lipinski definition) is 6. The number of nitrogens with one attached hydrogen (secondary N) is 1. The van der Waals surface area contributed by atoms with Crippen LogP contribution in [0.2, 0.25) is 10.2 Å². The number of aliphatic hydroxyl groups is 1. The third-order valence-electron chi connectivity index (χ3n) is 9.05. The summed E-state index contributed by atoms with van der Waals surface area (Å²) in [5, 5.41) is 16.2. The zero-order valence-corrected chi connectivity index (χ0v) is 26.2. The molecule has 43 heavy (non-hydrogen) atoms. The van der Waals surface area contributed by atoms with Gasteiger partial charge in [-0.2, -0.15) is 0 Å². The minimum Gasteiger partial charge on any atom is -0.388 e. The lowest BCUT2D eigenvalue weighted by atomic mass is 9.85. The second kappa shape index (κ2) is 11.9. The van der Waals surface area contributed by atoms with Crippen LogP contribution in [0.5, 0.6) is 0 Å². The molecule has 3 aromatic rings. The van der Waals surface area contributed by atoms with E-state index in [1.807, 2.05) is 17.6 Å². The minimum absolute atomic E-state index is 0.0728. The number of piperidine rings is 1. The van der Waals surface area contributed by atoms with Crippen molar-refractivity contribution in [3.05, 3.63) is 80.0 Å². The predicted octanol–water partition coefficient (Wildman–Crippen LogP) is 4.66. The van der Waals surface area contributed by atoms with Crippen LogP contribution in [0.25, 0.3) is 16.7 Å². The molecule has 3 aliphatic rings. The molecule has 0 spiro atoms. The lowest BCUT2D eigenvalue weighted by Gasteiger charge is -2.38. The highest BCUT2D eigenvalue weighted by Crippen LogP contribution is 2.34. The third kappa shape index (κ3) is 5.93. The van der Waals surface area contributed by atoms with Crippen LogP contribution in [0.1, 0.15) is 49.0 Å². The Morgan fingerprint density at radius 1 is 1.21 bits per heavy atom. The molecule has 0 bridgehead atoms. The molecule has 9 nitrogen and oxygen atoms in total. The van der Waals surface area contributed by atoms with Gasteiger partial charge in [0.15, 0.2) is 5.65 Å². The Morgan fingerprint density at radius 3 is 2.65 bits per heavy atom. The molecule has 6 rings (SSSR count). The molecule has 2 aromatic heterocycles. The molecule has 2 saturated heterocycles. The fraction of sp³-hybridized carbons (Fsp3) is 0.469. The van der Waals surface area contributed by atoms with Crippen molar-refractivity contribution < 1.29 is 14.6 Å². The number of carbonyl (C=O) groups excluding carboxylic acids is 1. The van der Waals surface area contributed by atoms with E-state index in [1.165, 1.54) is 16.5 Å². The van der Waals surface area contributed by atoms with Crippen LogP contribution >= 0.6 is 23.2 Å². The molecule has 228 valence electrons. The summed E-state index contributed by atoms with van der Waals surface area (Å²) in [5.41, 5.74) is 2.59. The van der Waals surface area contributed by atoms with Crippen molar-refractivity contribution in [1.29, 1.82) is 0 Å². The second-order valence-electron chi connectivity index (χ2n) is 12.2. The summed E-state index contributed by atoms with van der Waals surface area (Å²) in [7, 11) is 0. The van der Waals surface area contributed by atoms with E-state index >= 15 is 0 Å². The van der Waals surface area contributed by atoms with Crippen LogP contribution in [-0.4, -0.2) is 74.0 Å². The molecular formula is C32H37Cl2N5O4. The number of aromatic nitrogens is 3. The van der Waals surface area contributed by atoms with Gasteiger partial charge in [0.05, 0.1) is 40.8 Å². The number of halogens is 2. The van der Waals surface area contributed by atoms with Crippen molar-refractivity contribution >= 4 is 45.8 Å². The zero-order chi connectivity index (χ0) is 30.5. The molecule has 1 unspecified atom stereocenters. The molecule has 1 aromatic carbocycles. The summed E-state index contributed by atoms with van der Waals surface area (Å²) in [6.45, 7) is 8.41. The molecule has 11 heteroatoms. The van der Waals surface area contributed by atoms with Crippen molar-refractivity contribution in [3.8, 4) is 0 Å². The van der Waals surface area contributed by atoms with Gasteiger partial charge in [0, 0.05) is 37.3 Å². The molecule has 2 aliphatic heterocycles. The summed E-state index contributed by atoms with van der Waals surface area (Å²) in [4.78, 5) is 33.0. The van der Waals surface area contributed by atoms with Gasteiger partial charge >= 0.3 is 0 Å². The van der Waals surface area contributed by atoms with E-state index in [4.69, 9.17) is 27.9 Å². The predicted molar refractivity (Wildman–Crippen MR) is 169 cm³/mol. The highest BCUT2D eigenvalue weighted by Gasteiger charge is 2.36. The molecule has 2 N–H and O–H groups in total. The van der Waals surface area contributed by atoms with Crippen LogP contribution < -0.4 is 10.9 Å². The number of allylic oxidation sites excluding steroid dienone is 3. The fourth-order valence-corrected chi connectivity index (χ4v) is 7.04. The van der Waals surface area contributed by atoms with E-state index < -0.39 is 5.60 Å². The van der Waals surface area contributed by atoms with Crippen LogP contribution in [0, 0.1) is 12.8 Å². The van der Waals surface area contributed by atoms with Crippen molar-refractivity contribution in [3.63, 3.8) is 0 Å². The van der Waals surface area contributed by atoms with Gasteiger partial charge in [0.25, 0.3) is 11.5 Å². The van der Waals surface area contributed by atoms with Gasteiger partial charge in [0.1, 0.15) is 11.5 Å². The first-order valence-electron chi connectivity index (χ1n) is 14.8. The van der Waals surface area contributed by atoms with Gasteiger partial charge in [-0.3, -0.25) is 18.7 Å². The zero-order valence-electron chi connectivity index (χ0n) is 24.6. The normalized spacial score (nSPS) is 24.1. The maximum absolute atomic E-state index is 13.6. The van der Waals surface area contributed by atoms with Gasteiger partial charge in [0.2, 0.25) is 0 Å². The summed E-state index contributed by atoms with van der Waals surface area (Å²) in [5.74, 6) is 0.159. The molecular weight excluding hydrogens is 589 g/mol. The Labute approximate surface area is 260 Å². The first-order chi connectivity index (χ1) is 20.5. The lowest BCUT2D eigenvalue weighted by Crippen LogP contribution is -2.49. The minimum atomic E-state index is -1.16. The van der Waals surface area contributed by atoms with E-state index in [0.717, 1.165) is 24.2 Å². The first kappa shape index (κ1) is 30.1. The Bertz CT molecular complexity index is 1680. The van der Waals surface area contributed by atoms with Crippen LogP contribution in [0.3, 0.4) is 0 Å². The van der Waals surface area contributed by atoms with E-state index in [2.05, 4.69) is 36.3 Å². The number of rotatable bonds is 5. The number of aryl methyl sites for hydroxylation is 1. The number of morpholine rings is 1. The fourth-order valence-electron chi connectivity index (χ4n) is 6.44. The number of hydrogen-bond donors (Lipinski definition) is 2. The second-order valence-corrected chi connectivity index (χ2v) is 13.0. The molecule has 0 saturated carbocycles. The Kier molecular flexibility index (Phi) is 8.30. The number of likely N-dealkylation sites (tertiary alicyclic amines) is 1. The van der Waals surface area contributed by atoms with Gasteiger partial charge in [-0.15, -0.1) is 0 Å². The van der Waals surface area contributed by atoms with Gasteiger partial charge in [-0.25, -0.2) is 4.98 Å². The summed E-state index contributed by atoms with van der Waals surface area (Å²) >= 11 is 13.0. The topological polar surface area (TPSA) is 102 Å². The average molecular weight is 627 g/mol. The molecule has 4 heterocycles. The Morgan fingerprint density at radius 2 is 1.98 bits per heavy atom.